The van der Waals surface area contributed by atoms with Crippen LogP contribution in [0.3, 0.4) is 0 Å². The van der Waals surface area contributed by atoms with Crippen molar-refractivity contribution in [3.05, 3.63) is 35.9 Å². The molecule has 0 heterocycles. The summed E-state index contributed by atoms with van der Waals surface area (Å²) in [6.07, 6.45) is 0.929. The molecule has 0 fully saturated rings. The van der Waals surface area contributed by atoms with Crippen LogP contribution in [0.4, 0.5) is 0 Å². The molecule has 0 aliphatic carbocycles. The third-order valence-electron chi connectivity index (χ3n) is 2.44. The summed E-state index contributed by atoms with van der Waals surface area (Å²) in [6.45, 7) is 4.04. The van der Waals surface area contributed by atoms with Gasteiger partial charge in [0.25, 0.3) is 0 Å². The van der Waals surface area contributed by atoms with E-state index < -0.39 is 0 Å². The lowest BCUT2D eigenvalue weighted by molar-refractivity contribution is 0.295. The summed E-state index contributed by atoms with van der Waals surface area (Å²) in [5.41, 5.74) is 1.22. The average molecular weight is 237 g/mol. The predicted octanol–water partition coefficient (Wildman–Crippen LogP) is 3.03. The predicted molar refractivity (Wildman–Crippen MR) is 67.3 cm³/mol. The second-order valence-corrected chi connectivity index (χ2v) is 4.44. The van der Waals surface area contributed by atoms with Gasteiger partial charge in [-0.15, -0.1) is 11.6 Å². The number of rotatable bonds is 6. The number of alkyl halides is 1. The lowest BCUT2D eigenvalue weighted by Gasteiger charge is -2.21. The highest BCUT2D eigenvalue weighted by Crippen LogP contribution is 2.08. The Morgan fingerprint density at radius 2 is 2.06 bits per heavy atom. The number of benzene rings is 1. The van der Waals surface area contributed by atoms with Crippen molar-refractivity contribution >= 4 is 11.6 Å². The Hall–Kier alpha value is -1.04. The zero-order valence-corrected chi connectivity index (χ0v) is 10.3. The van der Waals surface area contributed by atoms with E-state index in [-0.39, 0.29) is 5.38 Å². The van der Waals surface area contributed by atoms with Gasteiger partial charge in [0.2, 0.25) is 0 Å². The second-order valence-electron chi connectivity index (χ2n) is 3.82. The number of nitriles is 1. The Kier molecular flexibility index (Phi) is 5.92. The van der Waals surface area contributed by atoms with Crippen molar-refractivity contribution in [1.29, 1.82) is 5.26 Å². The molecule has 1 aromatic carbocycles. The highest BCUT2D eigenvalue weighted by molar-refractivity contribution is 6.20. The lowest BCUT2D eigenvalue weighted by atomic mass is 10.2. The average Bonchev–Trinajstić information content (AvgIpc) is 2.30. The molecule has 0 spiro atoms. The molecule has 0 amide bonds. The molecule has 0 saturated heterocycles. The maximum atomic E-state index is 8.77. The molecule has 1 aromatic rings. The van der Waals surface area contributed by atoms with Crippen LogP contribution < -0.4 is 0 Å². The van der Waals surface area contributed by atoms with Crippen molar-refractivity contribution in [3.63, 3.8) is 0 Å². The van der Waals surface area contributed by atoms with Crippen LogP contribution in [0.1, 0.15) is 18.9 Å². The van der Waals surface area contributed by atoms with Crippen LogP contribution in [-0.4, -0.2) is 23.4 Å². The van der Waals surface area contributed by atoms with E-state index in [2.05, 4.69) is 30.0 Å². The first-order valence-electron chi connectivity index (χ1n) is 5.53. The Labute approximate surface area is 102 Å². The summed E-state index contributed by atoms with van der Waals surface area (Å²) in [6, 6.07) is 12.3. The normalized spacial score (nSPS) is 12.4. The minimum Gasteiger partial charge on any atom is -0.285 e. The van der Waals surface area contributed by atoms with E-state index in [9.17, 15) is 0 Å². The molecule has 3 heteroatoms. The molecule has 2 nitrogen and oxygen atoms in total. The summed E-state index contributed by atoms with van der Waals surface area (Å²) in [5.74, 6) is 0. The van der Waals surface area contributed by atoms with Gasteiger partial charge in [0.05, 0.1) is 12.6 Å². The maximum Gasteiger partial charge on any atom is 0.0869 e. The largest absolute Gasteiger partial charge is 0.285 e. The van der Waals surface area contributed by atoms with Crippen molar-refractivity contribution in [2.45, 2.75) is 25.3 Å². The quantitative estimate of drug-likeness (QED) is 0.561. The van der Waals surface area contributed by atoms with Gasteiger partial charge in [-0.2, -0.15) is 5.26 Å². The van der Waals surface area contributed by atoms with Crippen LogP contribution in [0.5, 0.6) is 0 Å². The van der Waals surface area contributed by atoms with Gasteiger partial charge >= 0.3 is 0 Å². The van der Waals surface area contributed by atoms with Gasteiger partial charge in [0, 0.05) is 18.5 Å². The van der Waals surface area contributed by atoms with E-state index in [1.807, 2.05) is 18.2 Å². The van der Waals surface area contributed by atoms with Crippen LogP contribution in [0.25, 0.3) is 0 Å². The van der Waals surface area contributed by atoms with Crippen molar-refractivity contribution < 1.29 is 0 Å². The Morgan fingerprint density at radius 3 is 2.62 bits per heavy atom. The fourth-order valence-corrected chi connectivity index (χ4v) is 1.73. The van der Waals surface area contributed by atoms with E-state index >= 15 is 0 Å². The molecule has 0 aliphatic heterocycles. The van der Waals surface area contributed by atoms with Gasteiger partial charge in [-0.1, -0.05) is 37.3 Å². The van der Waals surface area contributed by atoms with Gasteiger partial charge in [-0.05, 0) is 12.0 Å². The molecule has 0 radical (unpaired) electrons. The molecule has 86 valence electrons. The molecule has 1 atom stereocenters. The molecular formula is C13H17ClN2. The smallest absolute Gasteiger partial charge is 0.0869 e. The van der Waals surface area contributed by atoms with Gasteiger partial charge < -0.3 is 0 Å². The molecule has 0 N–H and O–H groups in total. The summed E-state index contributed by atoms with van der Waals surface area (Å²) in [5, 5.41) is 8.89. The standard InChI is InChI=1S/C13H17ClN2/c1-2-13(14)11-16(9-8-15)10-12-6-4-3-5-7-12/h3-7,13H,2,9-11H2,1H3/t13-/m1/s1. The topological polar surface area (TPSA) is 27.0 Å². The summed E-state index contributed by atoms with van der Waals surface area (Å²) >= 11 is 6.11. The molecule has 0 bridgehead atoms. The van der Waals surface area contributed by atoms with Gasteiger partial charge in [0.1, 0.15) is 0 Å². The summed E-state index contributed by atoms with van der Waals surface area (Å²) in [7, 11) is 0. The third-order valence-corrected chi connectivity index (χ3v) is 2.89. The van der Waals surface area contributed by atoms with Crippen LogP contribution in [-0.2, 0) is 6.54 Å². The molecule has 0 saturated carbocycles. The third kappa shape index (κ3) is 4.65. The number of hydrogen-bond donors (Lipinski definition) is 0. The minimum atomic E-state index is 0.122. The molecular weight excluding hydrogens is 220 g/mol. The zero-order chi connectivity index (χ0) is 11.8. The summed E-state index contributed by atoms with van der Waals surface area (Å²) in [4.78, 5) is 2.08. The van der Waals surface area contributed by atoms with E-state index in [0.29, 0.717) is 6.54 Å². The number of halogens is 1. The molecule has 0 aromatic heterocycles. The minimum absolute atomic E-state index is 0.122. The highest BCUT2D eigenvalue weighted by Gasteiger charge is 2.10. The van der Waals surface area contributed by atoms with Crippen molar-refractivity contribution in [3.8, 4) is 6.07 Å². The molecule has 0 unspecified atom stereocenters. The van der Waals surface area contributed by atoms with Crippen LogP contribution in [0.15, 0.2) is 30.3 Å². The fourth-order valence-electron chi connectivity index (χ4n) is 1.54. The second kappa shape index (κ2) is 7.27. The van der Waals surface area contributed by atoms with E-state index in [4.69, 9.17) is 16.9 Å². The SMILES string of the molecule is CC[C@@H](Cl)CN(CC#N)Cc1ccccc1. The highest BCUT2D eigenvalue weighted by atomic mass is 35.5. The van der Waals surface area contributed by atoms with Crippen molar-refractivity contribution in [2.75, 3.05) is 13.1 Å². The fraction of sp³-hybridized carbons (Fsp3) is 0.462. The molecule has 0 aliphatic rings. The van der Waals surface area contributed by atoms with Crippen LogP contribution in [0, 0.1) is 11.3 Å². The summed E-state index contributed by atoms with van der Waals surface area (Å²) < 4.78 is 0. The molecule has 1 rings (SSSR count). The Balaban J connectivity index is 2.55. The van der Waals surface area contributed by atoms with Gasteiger partial charge in [-0.3, -0.25) is 4.90 Å². The molecule has 16 heavy (non-hydrogen) atoms. The first-order chi connectivity index (χ1) is 7.76. The Morgan fingerprint density at radius 1 is 1.38 bits per heavy atom. The number of hydrogen-bond acceptors (Lipinski definition) is 2. The van der Waals surface area contributed by atoms with Crippen LogP contribution in [0.2, 0.25) is 0 Å². The number of nitrogens with zero attached hydrogens (tertiary/aromatic N) is 2. The van der Waals surface area contributed by atoms with Crippen molar-refractivity contribution in [2.24, 2.45) is 0 Å². The zero-order valence-electron chi connectivity index (χ0n) is 9.56. The van der Waals surface area contributed by atoms with E-state index in [1.165, 1.54) is 5.56 Å². The first kappa shape index (κ1) is 13.0. The van der Waals surface area contributed by atoms with Gasteiger partial charge in [0.15, 0.2) is 0 Å². The maximum absolute atomic E-state index is 8.77. The lowest BCUT2D eigenvalue weighted by Crippen LogP contribution is -2.29. The van der Waals surface area contributed by atoms with Gasteiger partial charge in [-0.25, -0.2) is 0 Å². The Bertz CT molecular complexity index is 332. The monoisotopic (exact) mass is 236 g/mol. The van der Waals surface area contributed by atoms with E-state index in [0.717, 1.165) is 19.5 Å². The first-order valence-corrected chi connectivity index (χ1v) is 5.97. The van der Waals surface area contributed by atoms with Crippen LogP contribution >= 0.6 is 11.6 Å². The van der Waals surface area contributed by atoms with E-state index in [1.54, 1.807) is 0 Å². The van der Waals surface area contributed by atoms with Crippen molar-refractivity contribution in [1.82, 2.24) is 4.90 Å².